The van der Waals surface area contributed by atoms with Gasteiger partial charge in [0.15, 0.2) is 17.3 Å². The summed E-state index contributed by atoms with van der Waals surface area (Å²) in [5, 5.41) is 0. The van der Waals surface area contributed by atoms with Crippen molar-refractivity contribution in [2.75, 3.05) is 51.8 Å². The van der Waals surface area contributed by atoms with E-state index < -0.39 is 12.0 Å². The van der Waals surface area contributed by atoms with Crippen molar-refractivity contribution in [1.82, 2.24) is 9.80 Å². The molecule has 8 heteroatoms. The molecular weight excluding hydrogens is 506 g/mol. The molecule has 1 saturated heterocycles. The smallest absolute Gasteiger partial charge is 0.254 e. The van der Waals surface area contributed by atoms with Gasteiger partial charge in [-0.2, -0.15) is 0 Å². The number of carbonyl (C=O) groups excluding carboxylic acids is 3. The van der Waals surface area contributed by atoms with E-state index in [9.17, 15) is 14.4 Å². The first kappa shape index (κ1) is 25.9. The number of fused-ring (bicyclic) bond motifs is 4. The maximum absolute atomic E-state index is 14.4. The summed E-state index contributed by atoms with van der Waals surface area (Å²) in [4.78, 5) is 45.8. The molecule has 0 saturated carbocycles. The second-order valence-electron chi connectivity index (χ2n) is 10.6. The number of hydrogen-bond acceptors (Lipinski definition) is 6. The highest BCUT2D eigenvalue weighted by molar-refractivity contribution is 6.01. The maximum Gasteiger partial charge on any atom is 0.254 e. The number of benzene rings is 3. The summed E-state index contributed by atoms with van der Waals surface area (Å²) in [7, 11) is 3.21. The summed E-state index contributed by atoms with van der Waals surface area (Å²) in [6.45, 7) is 4.63. The van der Waals surface area contributed by atoms with E-state index in [0.717, 1.165) is 22.4 Å². The summed E-state index contributed by atoms with van der Waals surface area (Å²) in [5.41, 5.74) is 5.12. The Bertz CT molecular complexity index is 1480. The SMILES string of the molecule is COc1cc2c(cc1OC)[C@@H]1[C@@H](C(=O)N3CCN(c4ccc(C(C)=O)cc4)CC3)c3ccccc3C(=O)N1CC2. The molecule has 206 valence electrons. The van der Waals surface area contributed by atoms with Crippen LogP contribution in [-0.4, -0.2) is 74.3 Å². The van der Waals surface area contributed by atoms with Gasteiger partial charge in [0.1, 0.15) is 0 Å². The number of amides is 2. The molecule has 3 aliphatic heterocycles. The Kier molecular flexibility index (Phi) is 6.70. The molecule has 0 unspecified atom stereocenters. The number of ketones is 1. The van der Waals surface area contributed by atoms with Gasteiger partial charge in [0.25, 0.3) is 5.91 Å². The first-order valence-electron chi connectivity index (χ1n) is 13.7. The van der Waals surface area contributed by atoms with E-state index in [2.05, 4.69) is 4.90 Å². The fourth-order valence-corrected chi connectivity index (χ4v) is 6.41. The number of nitrogens with zero attached hydrogens (tertiary/aromatic N) is 3. The van der Waals surface area contributed by atoms with Gasteiger partial charge < -0.3 is 24.2 Å². The lowest BCUT2D eigenvalue weighted by atomic mass is 9.75. The van der Waals surface area contributed by atoms with Crippen molar-refractivity contribution in [3.05, 3.63) is 88.5 Å². The largest absolute Gasteiger partial charge is 0.493 e. The Labute approximate surface area is 234 Å². The Morgan fingerprint density at radius 3 is 2.17 bits per heavy atom. The van der Waals surface area contributed by atoms with Gasteiger partial charge in [-0.15, -0.1) is 0 Å². The van der Waals surface area contributed by atoms with E-state index in [0.29, 0.717) is 61.8 Å². The predicted octanol–water partition coefficient (Wildman–Crippen LogP) is 4.09. The number of piperazine rings is 1. The fraction of sp³-hybridized carbons (Fsp3) is 0.344. The molecule has 3 aliphatic rings. The van der Waals surface area contributed by atoms with Gasteiger partial charge >= 0.3 is 0 Å². The van der Waals surface area contributed by atoms with Crippen LogP contribution in [0, 0.1) is 0 Å². The van der Waals surface area contributed by atoms with Crippen molar-refractivity contribution >= 4 is 23.3 Å². The zero-order valence-corrected chi connectivity index (χ0v) is 23.1. The Hall–Kier alpha value is -4.33. The average Bonchev–Trinajstić information content (AvgIpc) is 3.00. The van der Waals surface area contributed by atoms with Gasteiger partial charge in [-0.3, -0.25) is 14.4 Å². The van der Waals surface area contributed by atoms with Crippen LogP contribution in [-0.2, 0) is 11.2 Å². The first-order valence-corrected chi connectivity index (χ1v) is 13.7. The topological polar surface area (TPSA) is 79.4 Å². The lowest BCUT2D eigenvalue weighted by Gasteiger charge is -2.47. The molecule has 40 heavy (non-hydrogen) atoms. The number of ether oxygens (including phenoxy) is 2. The van der Waals surface area contributed by atoms with Crippen molar-refractivity contribution in [2.45, 2.75) is 25.3 Å². The van der Waals surface area contributed by atoms with Crippen LogP contribution in [0.3, 0.4) is 0 Å². The Balaban J connectivity index is 1.32. The van der Waals surface area contributed by atoms with E-state index in [-0.39, 0.29) is 17.6 Å². The van der Waals surface area contributed by atoms with Crippen molar-refractivity contribution in [3.8, 4) is 11.5 Å². The number of Topliss-reactive ketones (excluding diaryl/α,β-unsaturated/α-hetero) is 1. The highest BCUT2D eigenvalue weighted by Crippen LogP contribution is 2.49. The van der Waals surface area contributed by atoms with Crippen LogP contribution < -0.4 is 14.4 Å². The monoisotopic (exact) mass is 539 g/mol. The molecule has 0 N–H and O–H groups in total. The summed E-state index contributed by atoms with van der Waals surface area (Å²) in [6, 6.07) is 18.7. The molecule has 0 radical (unpaired) electrons. The molecular formula is C32H33N3O5. The van der Waals surface area contributed by atoms with Crippen LogP contribution in [0.4, 0.5) is 5.69 Å². The molecule has 3 heterocycles. The van der Waals surface area contributed by atoms with Crippen LogP contribution in [0.1, 0.15) is 56.3 Å². The highest BCUT2D eigenvalue weighted by Gasteiger charge is 2.48. The predicted molar refractivity (Wildman–Crippen MR) is 151 cm³/mol. The minimum atomic E-state index is -0.521. The normalized spacial score (nSPS) is 19.9. The van der Waals surface area contributed by atoms with Gasteiger partial charge in [-0.1, -0.05) is 18.2 Å². The summed E-state index contributed by atoms with van der Waals surface area (Å²) >= 11 is 0. The minimum absolute atomic E-state index is 0.0316. The van der Waals surface area contributed by atoms with Gasteiger partial charge in [-0.25, -0.2) is 0 Å². The average molecular weight is 540 g/mol. The Morgan fingerprint density at radius 1 is 0.825 bits per heavy atom. The second kappa shape index (κ2) is 10.3. The van der Waals surface area contributed by atoms with Gasteiger partial charge in [0.2, 0.25) is 5.91 Å². The minimum Gasteiger partial charge on any atom is -0.493 e. The van der Waals surface area contributed by atoms with Crippen molar-refractivity contribution in [3.63, 3.8) is 0 Å². The van der Waals surface area contributed by atoms with E-state index in [4.69, 9.17) is 9.47 Å². The number of methoxy groups -OCH3 is 2. The number of rotatable bonds is 5. The number of anilines is 1. The Morgan fingerprint density at radius 2 is 1.50 bits per heavy atom. The molecule has 0 spiro atoms. The summed E-state index contributed by atoms with van der Waals surface area (Å²) in [5.74, 6) is 0.751. The third kappa shape index (κ3) is 4.28. The van der Waals surface area contributed by atoms with Crippen LogP contribution in [0.2, 0.25) is 0 Å². The lowest BCUT2D eigenvalue weighted by molar-refractivity contribution is -0.135. The van der Waals surface area contributed by atoms with Crippen LogP contribution in [0.5, 0.6) is 11.5 Å². The lowest BCUT2D eigenvalue weighted by Crippen LogP contribution is -2.54. The molecule has 0 bridgehead atoms. The van der Waals surface area contributed by atoms with E-state index >= 15 is 0 Å². The van der Waals surface area contributed by atoms with Crippen molar-refractivity contribution < 1.29 is 23.9 Å². The van der Waals surface area contributed by atoms with Crippen LogP contribution in [0.15, 0.2) is 60.7 Å². The van der Waals surface area contributed by atoms with E-state index in [1.165, 1.54) is 0 Å². The van der Waals surface area contributed by atoms with Crippen LogP contribution in [0.25, 0.3) is 0 Å². The molecule has 0 aliphatic carbocycles. The third-order valence-electron chi connectivity index (χ3n) is 8.52. The summed E-state index contributed by atoms with van der Waals surface area (Å²) < 4.78 is 11.2. The molecule has 2 atom stereocenters. The van der Waals surface area contributed by atoms with Gasteiger partial charge in [-0.05, 0) is 72.5 Å². The molecule has 3 aromatic carbocycles. The first-order chi connectivity index (χ1) is 19.4. The maximum atomic E-state index is 14.4. The second-order valence-corrected chi connectivity index (χ2v) is 10.6. The standard InChI is InChI=1S/C32H33N3O5/c1-20(36)21-8-10-23(11-9-21)33-14-16-34(17-15-33)32(38)29-24-6-4-5-7-25(24)31(37)35-13-12-22-18-27(39-2)28(40-3)19-26(22)30(29)35/h4-11,18-19,29-30H,12-17H2,1-3H3/t29-,30+/m0/s1. The highest BCUT2D eigenvalue weighted by atomic mass is 16.5. The third-order valence-corrected chi connectivity index (χ3v) is 8.52. The zero-order chi connectivity index (χ0) is 28.0. The number of carbonyl (C=O) groups is 3. The molecule has 2 amide bonds. The molecule has 1 fully saturated rings. The van der Waals surface area contributed by atoms with Gasteiger partial charge in [0.05, 0.1) is 26.2 Å². The molecule has 8 nitrogen and oxygen atoms in total. The van der Waals surface area contributed by atoms with Gasteiger partial charge in [0, 0.05) is 49.5 Å². The van der Waals surface area contributed by atoms with Crippen molar-refractivity contribution in [2.24, 2.45) is 0 Å². The van der Waals surface area contributed by atoms with E-state index in [1.807, 2.05) is 70.5 Å². The van der Waals surface area contributed by atoms with Crippen molar-refractivity contribution in [1.29, 1.82) is 0 Å². The summed E-state index contributed by atoms with van der Waals surface area (Å²) in [6.07, 6.45) is 0.683. The molecule has 6 rings (SSSR count). The molecule has 3 aromatic rings. The quantitative estimate of drug-likeness (QED) is 0.455. The van der Waals surface area contributed by atoms with E-state index in [1.54, 1.807) is 21.1 Å². The zero-order valence-electron chi connectivity index (χ0n) is 23.1. The van der Waals surface area contributed by atoms with Crippen LogP contribution >= 0.6 is 0 Å². The fourth-order valence-electron chi connectivity index (χ4n) is 6.41. The molecule has 0 aromatic heterocycles. The number of hydrogen-bond donors (Lipinski definition) is 0.